The molecule has 0 saturated carbocycles. The molecule has 0 aliphatic rings. The van der Waals surface area contributed by atoms with Crippen LogP contribution in [0.3, 0.4) is 0 Å². The van der Waals surface area contributed by atoms with Crippen LogP contribution in [0.4, 0.5) is 26.3 Å². The van der Waals surface area contributed by atoms with Gasteiger partial charge in [0.15, 0.2) is 0 Å². The summed E-state index contributed by atoms with van der Waals surface area (Å²) in [6, 6.07) is 0. The molecule has 79 valence electrons. The Morgan fingerprint density at radius 3 is 1.85 bits per heavy atom. The normalized spacial score (nSPS) is 19.6. The van der Waals surface area contributed by atoms with Crippen LogP contribution in [0.25, 0.3) is 0 Å². The van der Waals surface area contributed by atoms with Gasteiger partial charge in [0.1, 0.15) is 12.3 Å². The summed E-state index contributed by atoms with van der Waals surface area (Å²) in [6.07, 6.45) is -15.0. The second-order valence-electron chi connectivity index (χ2n) is 2.58. The molecule has 0 fully saturated rings. The SMILES string of the molecule is [CH2]CC(F)CC(F)[C@H](F)C(F)(F)F. The van der Waals surface area contributed by atoms with E-state index in [2.05, 4.69) is 6.92 Å². The highest BCUT2D eigenvalue weighted by Crippen LogP contribution is 2.29. The molecule has 0 rings (SSSR count). The third-order valence-electron chi connectivity index (χ3n) is 1.42. The van der Waals surface area contributed by atoms with Gasteiger partial charge < -0.3 is 0 Å². The summed E-state index contributed by atoms with van der Waals surface area (Å²) in [5, 5.41) is 0. The molecule has 0 aromatic heterocycles. The van der Waals surface area contributed by atoms with Crippen molar-refractivity contribution in [2.75, 3.05) is 0 Å². The van der Waals surface area contributed by atoms with E-state index in [9.17, 15) is 26.3 Å². The first kappa shape index (κ1) is 12.6. The number of halogens is 6. The zero-order valence-electron chi connectivity index (χ0n) is 6.62. The zero-order valence-corrected chi connectivity index (χ0v) is 6.62. The van der Waals surface area contributed by atoms with Gasteiger partial charge in [0.05, 0.1) is 0 Å². The van der Waals surface area contributed by atoms with Gasteiger partial charge in [-0.1, -0.05) is 6.92 Å². The predicted octanol–water partition coefficient (Wildman–Crippen LogP) is 3.18. The molecule has 0 bridgehead atoms. The summed E-state index contributed by atoms with van der Waals surface area (Å²) in [5.41, 5.74) is 0. The average molecular weight is 207 g/mol. The summed E-state index contributed by atoms with van der Waals surface area (Å²) in [4.78, 5) is 0. The van der Waals surface area contributed by atoms with Crippen molar-refractivity contribution in [2.45, 2.75) is 37.5 Å². The number of rotatable bonds is 4. The molecule has 0 amide bonds. The van der Waals surface area contributed by atoms with Crippen molar-refractivity contribution in [3.05, 3.63) is 6.92 Å². The van der Waals surface area contributed by atoms with Crippen molar-refractivity contribution in [1.29, 1.82) is 0 Å². The van der Waals surface area contributed by atoms with Crippen molar-refractivity contribution < 1.29 is 26.3 Å². The van der Waals surface area contributed by atoms with Crippen molar-refractivity contribution >= 4 is 0 Å². The van der Waals surface area contributed by atoms with Gasteiger partial charge in [-0.25, -0.2) is 13.2 Å². The minimum absolute atomic E-state index is 0.370. The molecule has 2 unspecified atom stereocenters. The molecule has 0 saturated heterocycles. The van der Waals surface area contributed by atoms with E-state index in [-0.39, 0.29) is 6.42 Å². The first-order valence-electron chi connectivity index (χ1n) is 3.57. The predicted molar refractivity (Wildman–Crippen MR) is 35.3 cm³/mol. The van der Waals surface area contributed by atoms with E-state index in [1.807, 2.05) is 0 Å². The Hall–Kier alpha value is -0.420. The van der Waals surface area contributed by atoms with Crippen molar-refractivity contribution in [3.63, 3.8) is 0 Å². The summed E-state index contributed by atoms with van der Waals surface area (Å²) in [5.74, 6) is 0. The van der Waals surface area contributed by atoms with E-state index in [1.165, 1.54) is 0 Å². The number of hydrogen-bond donors (Lipinski definition) is 0. The maximum atomic E-state index is 12.4. The molecule has 0 aromatic rings. The van der Waals surface area contributed by atoms with E-state index in [0.29, 0.717) is 0 Å². The van der Waals surface area contributed by atoms with Crippen LogP contribution in [0, 0.1) is 6.92 Å². The summed E-state index contributed by atoms with van der Waals surface area (Å²) in [7, 11) is 0. The van der Waals surface area contributed by atoms with Crippen LogP contribution in [0.2, 0.25) is 0 Å². The first-order valence-corrected chi connectivity index (χ1v) is 3.57. The smallest absolute Gasteiger partial charge is 0.247 e. The molecule has 0 heterocycles. The highest BCUT2D eigenvalue weighted by Gasteiger charge is 2.46. The van der Waals surface area contributed by atoms with Crippen molar-refractivity contribution in [3.8, 4) is 0 Å². The molecule has 0 nitrogen and oxygen atoms in total. The van der Waals surface area contributed by atoms with Crippen LogP contribution in [-0.2, 0) is 0 Å². The van der Waals surface area contributed by atoms with E-state index in [4.69, 9.17) is 0 Å². The van der Waals surface area contributed by atoms with Gasteiger partial charge in [-0.15, -0.1) is 0 Å². The van der Waals surface area contributed by atoms with Crippen LogP contribution in [0.15, 0.2) is 0 Å². The third-order valence-corrected chi connectivity index (χ3v) is 1.42. The van der Waals surface area contributed by atoms with Gasteiger partial charge in [0, 0.05) is 6.42 Å². The third kappa shape index (κ3) is 4.38. The van der Waals surface area contributed by atoms with Gasteiger partial charge in [0.25, 0.3) is 0 Å². The lowest BCUT2D eigenvalue weighted by atomic mass is 10.1. The van der Waals surface area contributed by atoms with Crippen LogP contribution in [0.5, 0.6) is 0 Å². The molecular weight excluding hydrogens is 198 g/mol. The van der Waals surface area contributed by atoms with Gasteiger partial charge in [-0.3, -0.25) is 0 Å². The van der Waals surface area contributed by atoms with E-state index in [1.54, 1.807) is 0 Å². The van der Waals surface area contributed by atoms with Gasteiger partial charge >= 0.3 is 6.18 Å². The number of alkyl halides is 6. The molecule has 0 N–H and O–H groups in total. The standard InChI is InChI=1S/C7H9F6/c1-2-4(8)3-5(9)6(10)7(11,12)13/h4-6H,1-3H2/t4?,5?,6-/m0/s1. The maximum Gasteiger partial charge on any atom is 0.422 e. The fourth-order valence-corrected chi connectivity index (χ4v) is 0.687. The summed E-state index contributed by atoms with van der Waals surface area (Å²) in [6.45, 7) is 3.01. The average Bonchev–Trinajstić information content (AvgIpc) is 2.01. The Labute approximate surface area is 71.9 Å². The van der Waals surface area contributed by atoms with Crippen LogP contribution >= 0.6 is 0 Å². The lowest BCUT2D eigenvalue weighted by Gasteiger charge is -2.17. The van der Waals surface area contributed by atoms with Crippen LogP contribution < -0.4 is 0 Å². The minimum atomic E-state index is -5.26. The lowest BCUT2D eigenvalue weighted by Crippen LogP contribution is -2.35. The number of hydrogen-bond acceptors (Lipinski definition) is 0. The van der Waals surface area contributed by atoms with E-state index in [0.717, 1.165) is 0 Å². The monoisotopic (exact) mass is 207 g/mol. The Kier molecular flexibility index (Phi) is 4.56. The van der Waals surface area contributed by atoms with Crippen molar-refractivity contribution in [2.24, 2.45) is 0 Å². The quantitative estimate of drug-likeness (QED) is 0.621. The highest BCUT2D eigenvalue weighted by atomic mass is 19.4. The molecule has 6 heteroatoms. The molecule has 13 heavy (non-hydrogen) atoms. The second-order valence-corrected chi connectivity index (χ2v) is 2.58. The Morgan fingerprint density at radius 1 is 1.08 bits per heavy atom. The first-order chi connectivity index (χ1) is 5.79. The molecule has 0 aromatic carbocycles. The zero-order chi connectivity index (χ0) is 10.6. The largest absolute Gasteiger partial charge is 0.422 e. The Balaban J connectivity index is 4.03. The van der Waals surface area contributed by atoms with Crippen LogP contribution in [0.1, 0.15) is 12.8 Å². The molecule has 3 atom stereocenters. The van der Waals surface area contributed by atoms with Gasteiger partial charge in [-0.2, -0.15) is 13.2 Å². The molecular formula is C7H9F6. The van der Waals surface area contributed by atoms with Gasteiger partial charge in [-0.05, 0) is 6.42 Å². The van der Waals surface area contributed by atoms with Crippen LogP contribution in [-0.4, -0.2) is 24.7 Å². The Morgan fingerprint density at radius 2 is 1.54 bits per heavy atom. The van der Waals surface area contributed by atoms with Gasteiger partial charge in [0.2, 0.25) is 6.17 Å². The maximum absolute atomic E-state index is 12.4. The van der Waals surface area contributed by atoms with E-state index < -0.39 is 31.1 Å². The molecule has 0 aliphatic carbocycles. The molecule has 1 radical (unpaired) electrons. The fourth-order valence-electron chi connectivity index (χ4n) is 0.687. The summed E-state index contributed by atoms with van der Waals surface area (Å²) < 4.78 is 71.3. The fraction of sp³-hybridized carbons (Fsp3) is 0.857. The topological polar surface area (TPSA) is 0 Å². The molecule has 0 spiro atoms. The molecule has 0 aliphatic heterocycles. The lowest BCUT2D eigenvalue weighted by molar-refractivity contribution is -0.197. The Bertz CT molecular complexity index is 142. The summed E-state index contributed by atoms with van der Waals surface area (Å²) >= 11 is 0. The van der Waals surface area contributed by atoms with E-state index >= 15 is 0 Å². The highest BCUT2D eigenvalue weighted by molar-refractivity contribution is 4.78. The van der Waals surface area contributed by atoms with Crippen molar-refractivity contribution in [1.82, 2.24) is 0 Å². The second kappa shape index (κ2) is 4.72. The minimum Gasteiger partial charge on any atom is -0.247 e.